The molecule has 0 N–H and O–H groups in total. The minimum atomic E-state index is 0. The molecule has 0 atom stereocenters. The Labute approximate surface area is 111 Å². The van der Waals surface area contributed by atoms with Crippen molar-refractivity contribution in [1.82, 2.24) is 0 Å². The maximum absolute atomic E-state index is 2.29. The van der Waals surface area contributed by atoms with Crippen molar-refractivity contribution >= 4 is 0 Å². The van der Waals surface area contributed by atoms with Crippen molar-refractivity contribution in [1.29, 1.82) is 0 Å². The molecule has 0 heterocycles. The van der Waals surface area contributed by atoms with Crippen LogP contribution in [0.5, 0.6) is 0 Å². The number of rotatable bonds is 1. The lowest BCUT2D eigenvalue weighted by Crippen LogP contribution is -2.15. The number of hydrogen-bond donors (Lipinski definition) is 0. The molecular weight excluding hydrogens is 204 g/mol. The Kier molecular flexibility index (Phi) is 13.7. The lowest BCUT2D eigenvalue weighted by Gasteiger charge is -2.25. The third-order valence-electron chi connectivity index (χ3n) is 2.49. The van der Waals surface area contributed by atoms with Gasteiger partial charge < -0.3 is 0 Å². The second kappa shape index (κ2) is 9.27. The molecule has 0 aromatic heterocycles. The predicted octanol–water partition coefficient (Wildman–Crippen LogP) is 6.40. The van der Waals surface area contributed by atoms with Crippen LogP contribution in [0, 0.1) is 6.92 Å². The van der Waals surface area contributed by atoms with Crippen molar-refractivity contribution in [2.24, 2.45) is 0 Å². The van der Waals surface area contributed by atoms with E-state index in [1.807, 2.05) is 0 Å². The highest BCUT2D eigenvalue weighted by Crippen LogP contribution is 2.29. The fourth-order valence-electron chi connectivity index (χ4n) is 2.10. The highest BCUT2D eigenvalue weighted by Gasteiger charge is 2.18. The van der Waals surface area contributed by atoms with Gasteiger partial charge in [-0.3, -0.25) is 0 Å². The lowest BCUT2D eigenvalue weighted by molar-refractivity contribution is 0.579. The molecule has 0 saturated heterocycles. The van der Waals surface area contributed by atoms with Gasteiger partial charge in [-0.1, -0.05) is 75.6 Å². The summed E-state index contributed by atoms with van der Waals surface area (Å²) >= 11 is 0. The second-order valence-corrected chi connectivity index (χ2v) is 4.71. The molecule has 104 valence electrons. The molecule has 17 heavy (non-hydrogen) atoms. The van der Waals surface area contributed by atoms with Crippen LogP contribution in [0.1, 0.15) is 74.1 Å². The molecule has 0 saturated carbocycles. The van der Waals surface area contributed by atoms with Crippen LogP contribution >= 0.6 is 0 Å². The third-order valence-corrected chi connectivity index (χ3v) is 2.49. The van der Waals surface area contributed by atoms with E-state index in [4.69, 9.17) is 0 Å². The van der Waals surface area contributed by atoms with Gasteiger partial charge in [-0.05, 0) is 35.4 Å². The SMILES string of the molecule is C.C.C.C.CCc1cccc(C)c1C(C)(C)C. The monoisotopic (exact) mass is 240 g/mol. The molecule has 1 rings (SSSR count). The van der Waals surface area contributed by atoms with E-state index >= 15 is 0 Å². The molecule has 0 spiro atoms. The van der Waals surface area contributed by atoms with Crippen LogP contribution in [0.15, 0.2) is 18.2 Å². The molecule has 1 aromatic carbocycles. The number of aryl methyl sites for hydroxylation is 2. The Morgan fingerprint density at radius 3 is 1.71 bits per heavy atom. The largest absolute Gasteiger partial charge is 0.0776 e. The summed E-state index contributed by atoms with van der Waals surface area (Å²) in [5.41, 5.74) is 4.72. The first-order valence-corrected chi connectivity index (χ1v) is 5.05. The molecule has 1 aromatic rings. The van der Waals surface area contributed by atoms with Crippen molar-refractivity contribution in [3.63, 3.8) is 0 Å². The Morgan fingerprint density at radius 1 is 0.941 bits per heavy atom. The van der Waals surface area contributed by atoms with E-state index in [0.717, 1.165) is 6.42 Å². The van der Waals surface area contributed by atoms with Gasteiger partial charge in [-0.2, -0.15) is 0 Å². The van der Waals surface area contributed by atoms with Crippen LogP contribution in [-0.2, 0) is 11.8 Å². The molecule has 0 heteroatoms. The molecule has 0 radical (unpaired) electrons. The standard InChI is InChI=1S/C13H20.4CH4/c1-6-11-9-7-8-10(2)12(11)13(3,4)5;;;;/h7-9H,6H2,1-5H3;4*1H4. The summed E-state index contributed by atoms with van der Waals surface area (Å²) in [6.45, 7) is 11.3. The van der Waals surface area contributed by atoms with E-state index < -0.39 is 0 Å². The normalized spacial score (nSPS) is 9.00. The van der Waals surface area contributed by atoms with Gasteiger partial charge in [-0.25, -0.2) is 0 Å². The second-order valence-electron chi connectivity index (χ2n) is 4.71. The zero-order valence-electron chi connectivity index (χ0n) is 9.44. The van der Waals surface area contributed by atoms with Crippen molar-refractivity contribution < 1.29 is 0 Å². The Hall–Kier alpha value is -0.780. The molecule has 0 bridgehead atoms. The summed E-state index contributed by atoms with van der Waals surface area (Å²) < 4.78 is 0. The molecule has 0 aliphatic heterocycles. The molecule has 0 nitrogen and oxygen atoms in total. The van der Waals surface area contributed by atoms with Crippen molar-refractivity contribution in [3.8, 4) is 0 Å². The van der Waals surface area contributed by atoms with Gasteiger partial charge in [0.05, 0.1) is 0 Å². The quantitative estimate of drug-likeness (QED) is 0.533. The molecular formula is C17H36. The van der Waals surface area contributed by atoms with E-state index in [-0.39, 0.29) is 35.1 Å². The Bertz CT molecular complexity index is 289. The van der Waals surface area contributed by atoms with Crippen LogP contribution in [0.4, 0.5) is 0 Å². The van der Waals surface area contributed by atoms with Crippen LogP contribution < -0.4 is 0 Å². The van der Waals surface area contributed by atoms with Crippen molar-refractivity contribution in [2.75, 3.05) is 0 Å². The van der Waals surface area contributed by atoms with Gasteiger partial charge in [0.25, 0.3) is 0 Å². The molecule has 0 aliphatic carbocycles. The maximum Gasteiger partial charge on any atom is -0.0127 e. The van der Waals surface area contributed by atoms with Crippen LogP contribution in [0.3, 0.4) is 0 Å². The van der Waals surface area contributed by atoms with E-state index in [1.54, 1.807) is 0 Å². The predicted molar refractivity (Wildman–Crippen MR) is 86.2 cm³/mol. The van der Waals surface area contributed by atoms with Gasteiger partial charge in [0, 0.05) is 0 Å². The first kappa shape index (κ1) is 25.2. The van der Waals surface area contributed by atoms with Gasteiger partial charge in [0.15, 0.2) is 0 Å². The summed E-state index contributed by atoms with van der Waals surface area (Å²) in [5.74, 6) is 0. The van der Waals surface area contributed by atoms with Gasteiger partial charge in [-0.15, -0.1) is 0 Å². The summed E-state index contributed by atoms with van der Waals surface area (Å²) in [6, 6.07) is 6.61. The minimum Gasteiger partial charge on any atom is -0.0776 e. The van der Waals surface area contributed by atoms with Gasteiger partial charge >= 0.3 is 0 Å². The van der Waals surface area contributed by atoms with E-state index in [1.165, 1.54) is 16.7 Å². The first-order valence-electron chi connectivity index (χ1n) is 5.05. The van der Waals surface area contributed by atoms with Gasteiger partial charge in [0.1, 0.15) is 0 Å². The highest BCUT2D eigenvalue weighted by atomic mass is 14.2. The lowest BCUT2D eigenvalue weighted by atomic mass is 9.80. The molecule has 0 fully saturated rings. The summed E-state index contributed by atoms with van der Waals surface area (Å²) in [4.78, 5) is 0. The Balaban J connectivity index is -0.000000211. The molecule has 0 aliphatic rings. The van der Waals surface area contributed by atoms with E-state index in [9.17, 15) is 0 Å². The third kappa shape index (κ3) is 5.91. The average Bonchev–Trinajstić information content (AvgIpc) is 2.01. The summed E-state index contributed by atoms with van der Waals surface area (Å²) in [7, 11) is 0. The van der Waals surface area contributed by atoms with Gasteiger partial charge in [0.2, 0.25) is 0 Å². The summed E-state index contributed by atoms with van der Waals surface area (Å²) in [5, 5.41) is 0. The highest BCUT2D eigenvalue weighted by molar-refractivity contribution is 5.39. The van der Waals surface area contributed by atoms with E-state index in [2.05, 4.69) is 52.8 Å². The Morgan fingerprint density at radius 2 is 1.41 bits per heavy atom. The zero-order valence-corrected chi connectivity index (χ0v) is 9.44. The fraction of sp³-hybridized carbons (Fsp3) is 0.647. The topological polar surface area (TPSA) is 0 Å². The van der Waals surface area contributed by atoms with Crippen LogP contribution in [-0.4, -0.2) is 0 Å². The molecule has 0 amide bonds. The van der Waals surface area contributed by atoms with Crippen molar-refractivity contribution in [2.45, 2.75) is 76.2 Å². The maximum atomic E-state index is 2.29. The molecule has 0 unspecified atom stereocenters. The average molecular weight is 240 g/mol. The van der Waals surface area contributed by atoms with Crippen LogP contribution in [0.25, 0.3) is 0 Å². The zero-order chi connectivity index (χ0) is 10.1. The van der Waals surface area contributed by atoms with Crippen molar-refractivity contribution in [3.05, 3.63) is 34.9 Å². The number of benzene rings is 1. The fourth-order valence-corrected chi connectivity index (χ4v) is 2.10. The first-order chi connectivity index (χ1) is 5.96. The van der Waals surface area contributed by atoms with Crippen LogP contribution in [0.2, 0.25) is 0 Å². The number of hydrogen-bond acceptors (Lipinski definition) is 0. The van der Waals surface area contributed by atoms with E-state index in [0.29, 0.717) is 0 Å². The minimum absolute atomic E-state index is 0. The smallest absolute Gasteiger partial charge is 0.0127 e. The summed E-state index contributed by atoms with van der Waals surface area (Å²) in [6.07, 6.45) is 1.13.